The van der Waals surface area contributed by atoms with Crippen LogP contribution in [0.25, 0.3) is 33.4 Å². The first-order chi connectivity index (χ1) is 37.6. The van der Waals surface area contributed by atoms with Crippen molar-refractivity contribution in [1.82, 2.24) is 4.90 Å². The minimum absolute atomic E-state index is 0.0108. The van der Waals surface area contributed by atoms with Crippen LogP contribution in [0.3, 0.4) is 0 Å². The van der Waals surface area contributed by atoms with Crippen molar-refractivity contribution < 1.29 is 123 Å². The quantitative estimate of drug-likeness (QED) is 0.0228. The summed E-state index contributed by atoms with van der Waals surface area (Å²) in [6, 6.07) is 10.6. The molecule has 1 aliphatic heterocycles. The number of carbonyl (C=O) groups excluding carboxylic acids is 11. The molecule has 2 aromatic rings. The SMILES string of the molecule is CC(=O)OCOC(=O)CN(CCOCCOc1cc(-c2c3ccc(=O)cc-3oc3cc(OCOC(C)=O)ccc23)c(C(=O)OCOC(C)=O)cc1N(CC(=O)OCOC(C)=O)CC(=O)OCOC(C)=O)CC(=O)OCOC(C)=O. The molecule has 0 bridgehead atoms. The first kappa shape index (κ1) is 62.2. The van der Waals surface area contributed by atoms with Gasteiger partial charge in [0.15, 0.2) is 5.43 Å². The topological polar surface area (TPSA) is 354 Å². The predicted molar refractivity (Wildman–Crippen MR) is 260 cm³/mol. The van der Waals surface area contributed by atoms with Crippen molar-refractivity contribution in [3.8, 4) is 33.9 Å². The second-order valence-electron chi connectivity index (χ2n) is 15.9. The Morgan fingerprint density at radius 1 is 0.468 bits per heavy atom. The molecule has 2 aromatic carbocycles. The van der Waals surface area contributed by atoms with Gasteiger partial charge in [-0.25, -0.2) is 4.79 Å². The molecule has 0 unspecified atom stereocenters. The molecule has 0 amide bonds. The summed E-state index contributed by atoms with van der Waals surface area (Å²) in [7, 11) is 0. The maximum atomic E-state index is 14.4. The Kier molecular flexibility index (Phi) is 24.9. The maximum absolute atomic E-state index is 14.4. The van der Waals surface area contributed by atoms with Gasteiger partial charge in [-0.1, -0.05) is 0 Å². The lowest BCUT2D eigenvalue weighted by Crippen LogP contribution is -2.39. The lowest BCUT2D eigenvalue weighted by molar-refractivity contribution is -0.170. The van der Waals surface area contributed by atoms with E-state index in [0.717, 1.165) is 51.7 Å². The molecule has 29 nitrogen and oxygen atoms in total. The zero-order valence-electron chi connectivity index (χ0n) is 43.4. The van der Waals surface area contributed by atoms with Crippen molar-refractivity contribution in [3.05, 3.63) is 64.3 Å². The van der Waals surface area contributed by atoms with Gasteiger partial charge in [-0.05, 0) is 36.4 Å². The minimum Gasteiger partial charge on any atom is -0.489 e. The lowest BCUT2D eigenvalue weighted by atomic mass is 9.90. The predicted octanol–water partition coefficient (Wildman–Crippen LogP) is 1.90. The Morgan fingerprint density at radius 2 is 0.962 bits per heavy atom. The number of fused-ring (bicyclic) bond motifs is 2. The largest absolute Gasteiger partial charge is 0.489 e. The monoisotopic (exact) mass is 1110 g/mol. The van der Waals surface area contributed by atoms with E-state index in [1.807, 2.05) is 0 Å². The molecular formula is C50H54N2O27. The number of rotatable bonds is 31. The highest BCUT2D eigenvalue weighted by molar-refractivity contribution is 6.09. The van der Waals surface area contributed by atoms with Crippen LogP contribution in [0.15, 0.2) is 57.7 Å². The van der Waals surface area contributed by atoms with Crippen LogP contribution in [-0.4, -0.2) is 164 Å². The Labute approximate surface area is 447 Å². The van der Waals surface area contributed by atoms with Crippen molar-refractivity contribution in [2.24, 2.45) is 0 Å². The number of ether oxygens (including phenoxy) is 14. The van der Waals surface area contributed by atoms with Crippen LogP contribution in [0.1, 0.15) is 51.9 Å². The Bertz CT molecular complexity index is 2830. The molecule has 0 saturated carbocycles. The summed E-state index contributed by atoms with van der Waals surface area (Å²) >= 11 is 0. The highest BCUT2D eigenvalue weighted by atomic mass is 16.7. The summed E-state index contributed by atoms with van der Waals surface area (Å²) in [6.07, 6.45) is 0. The fourth-order valence-electron chi connectivity index (χ4n) is 6.48. The smallest absolute Gasteiger partial charge is 0.341 e. The van der Waals surface area contributed by atoms with E-state index in [0.29, 0.717) is 0 Å². The Morgan fingerprint density at radius 3 is 1.48 bits per heavy atom. The Balaban J connectivity index is 1.87. The van der Waals surface area contributed by atoms with E-state index in [1.54, 1.807) is 0 Å². The van der Waals surface area contributed by atoms with Crippen molar-refractivity contribution >= 4 is 82.3 Å². The van der Waals surface area contributed by atoms with Crippen molar-refractivity contribution in [2.75, 3.05) is 98.2 Å². The third-order valence-corrected chi connectivity index (χ3v) is 9.84. The zero-order chi connectivity index (χ0) is 58.0. The van der Waals surface area contributed by atoms with Crippen LogP contribution >= 0.6 is 0 Å². The molecule has 0 N–H and O–H groups in total. The van der Waals surface area contributed by atoms with Gasteiger partial charge in [-0.2, -0.15) is 0 Å². The van der Waals surface area contributed by atoms with Gasteiger partial charge in [0.05, 0.1) is 37.6 Å². The second-order valence-corrected chi connectivity index (χ2v) is 15.9. The molecule has 426 valence electrons. The molecule has 29 heteroatoms. The first-order valence-electron chi connectivity index (χ1n) is 23.2. The number of anilines is 1. The summed E-state index contributed by atoms with van der Waals surface area (Å²) in [5, 5.41) is 0.261. The van der Waals surface area contributed by atoms with Gasteiger partial charge >= 0.3 is 65.7 Å². The van der Waals surface area contributed by atoms with Gasteiger partial charge in [-0.3, -0.25) is 57.6 Å². The molecule has 0 radical (unpaired) electrons. The highest BCUT2D eigenvalue weighted by Crippen LogP contribution is 2.45. The molecule has 0 spiro atoms. The van der Waals surface area contributed by atoms with Crippen LogP contribution in [0.2, 0.25) is 0 Å². The fourth-order valence-corrected chi connectivity index (χ4v) is 6.48. The highest BCUT2D eigenvalue weighted by Gasteiger charge is 2.29. The molecule has 1 aliphatic carbocycles. The fraction of sp³-hybridized carbons (Fsp3) is 0.400. The van der Waals surface area contributed by atoms with Crippen molar-refractivity contribution in [3.63, 3.8) is 0 Å². The van der Waals surface area contributed by atoms with Gasteiger partial charge in [0, 0.05) is 82.3 Å². The summed E-state index contributed by atoms with van der Waals surface area (Å²) in [5.74, 6) is -9.81. The summed E-state index contributed by atoms with van der Waals surface area (Å²) < 4.78 is 77.6. The van der Waals surface area contributed by atoms with Gasteiger partial charge in [0.2, 0.25) is 40.8 Å². The van der Waals surface area contributed by atoms with E-state index in [2.05, 4.69) is 9.47 Å². The molecule has 4 rings (SSSR count). The molecule has 2 aliphatic rings. The summed E-state index contributed by atoms with van der Waals surface area (Å²) in [6.45, 7) is -1.82. The number of benzene rings is 3. The van der Waals surface area contributed by atoms with Gasteiger partial charge in [0.1, 0.15) is 42.5 Å². The van der Waals surface area contributed by atoms with Crippen LogP contribution in [-0.2, 0) is 105 Å². The zero-order valence-corrected chi connectivity index (χ0v) is 43.4. The van der Waals surface area contributed by atoms with Crippen LogP contribution in [0.5, 0.6) is 11.5 Å². The molecular weight excluding hydrogens is 1060 g/mol. The lowest BCUT2D eigenvalue weighted by Gasteiger charge is -2.27. The van der Waals surface area contributed by atoms with Gasteiger partial charge in [-0.15, -0.1) is 0 Å². The van der Waals surface area contributed by atoms with Crippen LogP contribution in [0, 0.1) is 0 Å². The second kappa shape index (κ2) is 31.6. The number of nitrogens with zero attached hydrogens (tertiary/aromatic N) is 2. The number of carbonyl (C=O) groups is 11. The average Bonchev–Trinajstić information content (AvgIpc) is 3.39. The first-order valence-corrected chi connectivity index (χ1v) is 23.2. The minimum atomic E-state index is -1.17. The van der Waals surface area contributed by atoms with E-state index >= 15 is 0 Å². The van der Waals surface area contributed by atoms with Gasteiger partial charge < -0.3 is 75.6 Å². The van der Waals surface area contributed by atoms with Gasteiger partial charge in [0.25, 0.3) is 0 Å². The molecule has 0 aromatic heterocycles. The summed E-state index contributed by atoms with van der Waals surface area (Å²) in [5.41, 5.74) is -0.637. The van der Waals surface area contributed by atoms with E-state index in [9.17, 15) is 57.5 Å². The molecule has 79 heavy (non-hydrogen) atoms. The Hall–Kier alpha value is -9.38. The van der Waals surface area contributed by atoms with E-state index < -0.39 is 138 Å². The third-order valence-electron chi connectivity index (χ3n) is 9.84. The van der Waals surface area contributed by atoms with E-state index in [-0.39, 0.29) is 82.5 Å². The summed E-state index contributed by atoms with van der Waals surface area (Å²) in [4.78, 5) is 150. The van der Waals surface area contributed by atoms with E-state index in [4.69, 9.17) is 61.3 Å². The molecule has 0 saturated heterocycles. The molecule has 0 fully saturated rings. The van der Waals surface area contributed by atoms with Crippen LogP contribution < -0.4 is 19.8 Å². The molecule has 0 atom stereocenters. The average molecular weight is 1110 g/mol. The number of hydrogen-bond donors (Lipinski definition) is 0. The van der Waals surface area contributed by atoms with E-state index in [1.165, 1.54) is 48.2 Å². The van der Waals surface area contributed by atoms with Crippen molar-refractivity contribution in [1.29, 1.82) is 0 Å². The number of hydrogen-bond acceptors (Lipinski definition) is 29. The third kappa shape index (κ3) is 22.0. The standard InChI is InChI=1S/C50H54N2O27/c1-29(53)67-23-73-36-8-10-38-43(16-36)79-42-15-35(59)7-9-37(42)49(38)39-18-44(66-14-13-65-12-11-51(19-45(60)74-24-68-30(2)54)20-46(61)75-25-69-31(3)55)41(17-40(39)50(64)78-28-72-34(6)58)52(21-47(62)76-26-70-32(4)56)22-48(63)77-27-71-33(5)57/h7-10,15-18H,11-14,19-28H2,1-6H3. The van der Waals surface area contributed by atoms with Crippen LogP contribution in [0.4, 0.5) is 5.69 Å². The normalized spacial score (nSPS) is 10.6. The maximum Gasteiger partial charge on any atom is 0.341 e. The van der Waals surface area contributed by atoms with Crippen molar-refractivity contribution in [2.45, 2.75) is 41.5 Å². The molecule has 1 heterocycles. The number of esters is 11.